The van der Waals surface area contributed by atoms with Crippen LogP contribution in [0.2, 0.25) is 0 Å². The molecule has 3 unspecified atom stereocenters. The molecule has 1 radical (unpaired) electrons. The molecule has 205 valence electrons. The van der Waals surface area contributed by atoms with Crippen molar-refractivity contribution in [1.82, 2.24) is 4.72 Å². The molecular weight excluding hydrogens is 569 g/mol. The minimum absolute atomic E-state index is 0. The predicted octanol–water partition coefficient (Wildman–Crippen LogP) is 6.68. The van der Waals surface area contributed by atoms with Crippen molar-refractivity contribution < 1.29 is 46.2 Å². The Morgan fingerprint density at radius 2 is 1.24 bits per heavy atom. The van der Waals surface area contributed by atoms with Gasteiger partial charge in [0.15, 0.2) is 0 Å². The summed E-state index contributed by atoms with van der Waals surface area (Å²) >= 11 is 0. The van der Waals surface area contributed by atoms with Crippen molar-refractivity contribution in [2.24, 2.45) is 0 Å². The molecule has 0 saturated heterocycles. The van der Waals surface area contributed by atoms with E-state index in [-0.39, 0.29) is 51.1 Å². The molecule has 2 N–H and O–H groups in total. The smallest absolute Gasteiger partial charge is 0.240 e. The molecule has 5 nitrogen and oxygen atoms in total. The molecular formula is C31H43N2O3SY-. The second-order valence-corrected chi connectivity index (χ2v) is 10.4. The third kappa shape index (κ3) is 7.76. The summed E-state index contributed by atoms with van der Waals surface area (Å²) < 4.78 is 28.7. The Bertz CT molecular complexity index is 1160. The Labute approximate surface area is 256 Å². The topological polar surface area (TPSA) is 69.6 Å². The van der Waals surface area contributed by atoms with Gasteiger partial charge in [0.2, 0.25) is 10.0 Å². The third-order valence-electron chi connectivity index (χ3n) is 6.68. The van der Waals surface area contributed by atoms with E-state index < -0.39 is 22.2 Å². The second-order valence-electron chi connectivity index (χ2n) is 8.66. The SMILES string of the molecule is CC.CC.O=S(=O)(NC1CCCC(N2c3ccccc3CCc3ccccc32)C1O)c1ccccc1.[CH3-].[Y]. The zero-order valence-electron chi connectivity index (χ0n) is 23.5. The number of nitrogens with zero attached hydrogens (tertiary/aromatic N) is 1. The van der Waals surface area contributed by atoms with Gasteiger partial charge in [-0.1, -0.05) is 82.3 Å². The van der Waals surface area contributed by atoms with Gasteiger partial charge in [0.1, 0.15) is 0 Å². The van der Waals surface area contributed by atoms with Crippen molar-refractivity contribution >= 4 is 21.4 Å². The second kappa shape index (κ2) is 16.5. The molecule has 38 heavy (non-hydrogen) atoms. The van der Waals surface area contributed by atoms with Gasteiger partial charge in [-0.15, -0.1) is 0 Å². The molecule has 1 aliphatic carbocycles. The summed E-state index contributed by atoms with van der Waals surface area (Å²) in [5, 5.41) is 11.5. The molecule has 3 aromatic rings. The number of hydrogen-bond donors (Lipinski definition) is 2. The Morgan fingerprint density at radius 1 is 0.763 bits per heavy atom. The first-order chi connectivity index (χ1) is 17.5. The van der Waals surface area contributed by atoms with Gasteiger partial charge in [0.05, 0.1) is 23.1 Å². The maximum atomic E-state index is 12.9. The van der Waals surface area contributed by atoms with Crippen molar-refractivity contribution in [3.8, 4) is 0 Å². The molecule has 7 heteroatoms. The largest absolute Gasteiger partial charge is 0.389 e. The van der Waals surface area contributed by atoms with Crippen LogP contribution in [0.1, 0.15) is 58.1 Å². The van der Waals surface area contributed by atoms with Gasteiger partial charge >= 0.3 is 0 Å². The Hall–Kier alpha value is -1.57. The fourth-order valence-corrected chi connectivity index (χ4v) is 6.41. The molecule has 1 heterocycles. The summed E-state index contributed by atoms with van der Waals surface area (Å²) in [6.45, 7) is 8.00. The maximum absolute atomic E-state index is 12.9. The van der Waals surface area contributed by atoms with Gasteiger partial charge in [0, 0.05) is 44.1 Å². The molecule has 0 spiro atoms. The Kier molecular flexibility index (Phi) is 15.0. The summed E-state index contributed by atoms with van der Waals surface area (Å²) in [6, 6.07) is 24.3. The fourth-order valence-electron chi connectivity index (χ4n) is 5.10. The van der Waals surface area contributed by atoms with Crippen LogP contribution in [0, 0.1) is 7.43 Å². The first kappa shape index (κ1) is 34.5. The molecule has 1 saturated carbocycles. The number of sulfonamides is 1. The van der Waals surface area contributed by atoms with E-state index in [2.05, 4.69) is 46.0 Å². The van der Waals surface area contributed by atoms with Crippen molar-refractivity contribution in [2.75, 3.05) is 4.90 Å². The van der Waals surface area contributed by atoms with Gasteiger partial charge < -0.3 is 17.4 Å². The molecule has 2 aliphatic rings. The number of hydrogen-bond acceptors (Lipinski definition) is 4. The normalized spacial score (nSPS) is 19.8. The maximum Gasteiger partial charge on any atom is 0.240 e. The fraction of sp³-hybridized carbons (Fsp3) is 0.387. The first-order valence-electron chi connectivity index (χ1n) is 13.2. The zero-order valence-corrected chi connectivity index (χ0v) is 27.1. The van der Waals surface area contributed by atoms with Crippen LogP contribution in [0.25, 0.3) is 0 Å². The molecule has 0 bridgehead atoms. The number of benzene rings is 3. The van der Waals surface area contributed by atoms with Crippen LogP contribution in [0.15, 0.2) is 83.8 Å². The van der Waals surface area contributed by atoms with Gasteiger partial charge in [0.25, 0.3) is 0 Å². The average Bonchev–Trinajstić information content (AvgIpc) is 3.10. The molecule has 5 rings (SSSR count). The van der Waals surface area contributed by atoms with Crippen molar-refractivity contribution in [3.05, 3.63) is 97.4 Å². The number of nitrogens with one attached hydrogen (secondary N) is 1. The summed E-state index contributed by atoms with van der Waals surface area (Å²) in [5.41, 5.74) is 4.71. The van der Waals surface area contributed by atoms with Gasteiger partial charge in [-0.05, 0) is 67.5 Å². The van der Waals surface area contributed by atoms with Gasteiger partial charge in [-0.2, -0.15) is 0 Å². The van der Waals surface area contributed by atoms with Crippen LogP contribution in [-0.4, -0.2) is 31.7 Å². The van der Waals surface area contributed by atoms with E-state index in [0.29, 0.717) is 6.42 Å². The number of rotatable bonds is 4. The van der Waals surface area contributed by atoms with E-state index in [0.717, 1.165) is 37.1 Å². The number of aliphatic hydroxyl groups excluding tert-OH is 1. The van der Waals surface area contributed by atoms with Crippen molar-refractivity contribution in [3.63, 3.8) is 0 Å². The van der Waals surface area contributed by atoms with Crippen LogP contribution >= 0.6 is 0 Å². The zero-order chi connectivity index (χ0) is 26.1. The van der Waals surface area contributed by atoms with Crippen LogP contribution < -0.4 is 9.62 Å². The van der Waals surface area contributed by atoms with E-state index >= 15 is 0 Å². The first-order valence-corrected chi connectivity index (χ1v) is 14.7. The van der Waals surface area contributed by atoms with Crippen LogP contribution in [0.3, 0.4) is 0 Å². The molecule has 1 aliphatic heterocycles. The summed E-state index contributed by atoms with van der Waals surface area (Å²) in [7, 11) is -3.70. The van der Waals surface area contributed by atoms with E-state index in [1.165, 1.54) is 11.1 Å². The van der Waals surface area contributed by atoms with E-state index in [9.17, 15) is 13.5 Å². The number of aryl methyl sites for hydroxylation is 2. The van der Waals surface area contributed by atoms with Crippen molar-refractivity contribution in [1.29, 1.82) is 0 Å². The Balaban J connectivity index is 0.00000115. The minimum atomic E-state index is -3.70. The summed E-state index contributed by atoms with van der Waals surface area (Å²) in [5.74, 6) is 0. The van der Waals surface area contributed by atoms with E-state index in [4.69, 9.17) is 0 Å². The quantitative estimate of drug-likeness (QED) is 0.323. The number of para-hydroxylation sites is 2. The van der Waals surface area contributed by atoms with Crippen LogP contribution in [0.4, 0.5) is 11.4 Å². The monoisotopic (exact) mass is 612 g/mol. The minimum Gasteiger partial charge on any atom is -0.389 e. The molecule has 0 aromatic heterocycles. The molecule has 3 aromatic carbocycles. The number of fused-ring (bicyclic) bond motifs is 2. The van der Waals surface area contributed by atoms with Gasteiger partial charge in [-0.3, -0.25) is 0 Å². The predicted molar refractivity (Wildman–Crippen MR) is 156 cm³/mol. The molecule has 1 fully saturated rings. The summed E-state index contributed by atoms with van der Waals surface area (Å²) in [6.07, 6.45) is 3.30. The number of aliphatic hydroxyl groups is 1. The Morgan fingerprint density at radius 3 is 1.76 bits per heavy atom. The molecule has 0 amide bonds. The van der Waals surface area contributed by atoms with E-state index in [1.54, 1.807) is 30.3 Å². The van der Waals surface area contributed by atoms with Crippen LogP contribution in [0.5, 0.6) is 0 Å². The standard InChI is InChI=1S/C26H28N2O3S.2C2H6.CH3.Y/c29-26-22(27-32(30,31)21-11-2-1-3-12-21)13-8-16-25(26)28-23-14-6-4-9-19(23)17-18-20-10-5-7-15-24(20)28;2*1-2;;/h1-7,9-12,14-15,22,25-27,29H,8,13,16-18H2;2*1-2H3;1H3;/q;;;-1;. The van der Waals surface area contributed by atoms with Gasteiger partial charge in [-0.25, -0.2) is 13.1 Å². The third-order valence-corrected chi connectivity index (χ3v) is 8.18. The van der Waals surface area contributed by atoms with E-state index in [1.807, 2.05) is 39.8 Å². The average molecular weight is 613 g/mol. The molecule has 3 atom stereocenters. The van der Waals surface area contributed by atoms with Crippen molar-refractivity contribution in [2.45, 2.75) is 82.9 Å². The number of anilines is 2. The summed E-state index contributed by atoms with van der Waals surface area (Å²) in [4.78, 5) is 2.48. The van der Waals surface area contributed by atoms with Crippen LogP contribution in [-0.2, 0) is 55.6 Å².